The van der Waals surface area contributed by atoms with Crippen LogP contribution >= 0.6 is 12.4 Å². The Bertz CT molecular complexity index is 965. The minimum absolute atomic E-state index is 0. The molecule has 2 heterocycles. The van der Waals surface area contributed by atoms with E-state index in [-0.39, 0.29) is 30.1 Å². The maximum Gasteiger partial charge on any atom is 0.251 e. The lowest BCUT2D eigenvalue weighted by molar-refractivity contribution is 0.0949. The molecule has 2 aromatic rings. The van der Waals surface area contributed by atoms with Crippen molar-refractivity contribution < 1.29 is 13.2 Å². The highest BCUT2D eigenvalue weighted by Gasteiger charge is 2.28. The highest BCUT2D eigenvalue weighted by atomic mass is 35.5. The summed E-state index contributed by atoms with van der Waals surface area (Å²) in [4.78, 5) is 12.6. The predicted molar refractivity (Wildman–Crippen MR) is 113 cm³/mol. The molecule has 150 valence electrons. The number of halogens is 1. The fraction of sp³-hybridized carbons (Fsp3) is 0.350. The van der Waals surface area contributed by atoms with Gasteiger partial charge in [0, 0.05) is 24.7 Å². The van der Waals surface area contributed by atoms with Gasteiger partial charge in [-0.1, -0.05) is 30.3 Å². The van der Waals surface area contributed by atoms with E-state index in [4.69, 9.17) is 0 Å². The number of amides is 1. The molecule has 0 radical (unpaired) electrons. The van der Waals surface area contributed by atoms with E-state index in [0.717, 1.165) is 13.0 Å². The first-order chi connectivity index (χ1) is 13.0. The Balaban J connectivity index is 0.00000225. The molecule has 2 aliphatic heterocycles. The standard InChI is InChI=1S/C20H23N3O3S.ClH/c24-20(22-14-19-18-8-2-1-5-15(18)9-10-21-19)16-6-3-7-17(13-16)23-11-4-12-27(23,25)26;/h1-3,5-8,13,19,21H,4,9-12,14H2,(H,22,24);1H. The third kappa shape index (κ3) is 4.16. The number of benzene rings is 2. The fourth-order valence-electron chi connectivity index (χ4n) is 3.80. The van der Waals surface area contributed by atoms with Gasteiger partial charge in [-0.25, -0.2) is 8.42 Å². The number of anilines is 1. The fourth-order valence-corrected chi connectivity index (χ4v) is 5.36. The Morgan fingerprint density at radius 3 is 2.79 bits per heavy atom. The molecule has 0 saturated carbocycles. The second-order valence-corrected chi connectivity index (χ2v) is 8.97. The van der Waals surface area contributed by atoms with Crippen LogP contribution in [0.15, 0.2) is 48.5 Å². The molecule has 1 fully saturated rings. The quantitative estimate of drug-likeness (QED) is 0.793. The number of rotatable bonds is 4. The van der Waals surface area contributed by atoms with E-state index in [1.165, 1.54) is 15.4 Å². The van der Waals surface area contributed by atoms with Crippen molar-refractivity contribution in [3.8, 4) is 0 Å². The van der Waals surface area contributed by atoms with E-state index in [9.17, 15) is 13.2 Å². The molecule has 1 atom stereocenters. The van der Waals surface area contributed by atoms with Crippen molar-refractivity contribution in [2.45, 2.75) is 18.9 Å². The molecule has 1 amide bonds. The number of sulfonamides is 1. The van der Waals surface area contributed by atoms with Crippen LogP contribution in [0.4, 0.5) is 5.69 Å². The number of hydrogen-bond donors (Lipinski definition) is 2. The van der Waals surface area contributed by atoms with Crippen LogP contribution < -0.4 is 14.9 Å². The summed E-state index contributed by atoms with van der Waals surface area (Å²) >= 11 is 0. The van der Waals surface area contributed by atoms with Gasteiger partial charge in [0.1, 0.15) is 0 Å². The summed E-state index contributed by atoms with van der Waals surface area (Å²) in [5, 5.41) is 6.43. The Labute approximate surface area is 171 Å². The van der Waals surface area contributed by atoms with Crippen molar-refractivity contribution in [3.05, 3.63) is 65.2 Å². The highest BCUT2D eigenvalue weighted by molar-refractivity contribution is 7.93. The first-order valence-corrected chi connectivity index (χ1v) is 10.9. The lowest BCUT2D eigenvalue weighted by atomic mass is 9.94. The van der Waals surface area contributed by atoms with Gasteiger partial charge >= 0.3 is 0 Å². The van der Waals surface area contributed by atoms with Gasteiger partial charge in [0.25, 0.3) is 5.91 Å². The van der Waals surface area contributed by atoms with Crippen molar-refractivity contribution in [1.29, 1.82) is 0 Å². The van der Waals surface area contributed by atoms with Crippen LogP contribution in [-0.4, -0.2) is 39.7 Å². The van der Waals surface area contributed by atoms with Crippen LogP contribution in [0.5, 0.6) is 0 Å². The molecular weight excluding hydrogens is 398 g/mol. The summed E-state index contributed by atoms with van der Waals surface area (Å²) in [5.74, 6) is -0.0331. The molecule has 2 aromatic carbocycles. The average molecular weight is 422 g/mol. The maximum absolute atomic E-state index is 12.6. The number of hydrogen-bond acceptors (Lipinski definition) is 4. The van der Waals surface area contributed by atoms with Crippen molar-refractivity contribution >= 4 is 34.0 Å². The molecule has 0 bridgehead atoms. The van der Waals surface area contributed by atoms with Gasteiger partial charge < -0.3 is 10.6 Å². The SMILES string of the molecule is Cl.O=C(NCC1NCCc2ccccc21)c1cccc(N2CCCS2(=O)=O)c1. The first kappa shape index (κ1) is 20.6. The zero-order chi connectivity index (χ0) is 18.9. The largest absolute Gasteiger partial charge is 0.350 e. The molecule has 0 aromatic heterocycles. The van der Waals surface area contributed by atoms with Gasteiger partial charge in [0.15, 0.2) is 0 Å². The second kappa shape index (κ2) is 8.51. The van der Waals surface area contributed by atoms with E-state index in [1.807, 2.05) is 12.1 Å². The Hall–Kier alpha value is -2.09. The van der Waals surface area contributed by atoms with Crippen LogP contribution in [0.3, 0.4) is 0 Å². The molecule has 6 nitrogen and oxygen atoms in total. The number of carbonyl (C=O) groups is 1. The molecule has 8 heteroatoms. The zero-order valence-corrected chi connectivity index (χ0v) is 17.1. The lowest BCUT2D eigenvalue weighted by Crippen LogP contribution is -2.38. The van der Waals surface area contributed by atoms with Crippen LogP contribution in [0.25, 0.3) is 0 Å². The Kier molecular flexibility index (Phi) is 6.27. The monoisotopic (exact) mass is 421 g/mol. The summed E-state index contributed by atoms with van der Waals surface area (Å²) < 4.78 is 25.6. The van der Waals surface area contributed by atoms with Crippen LogP contribution in [0.2, 0.25) is 0 Å². The summed E-state index contributed by atoms with van der Waals surface area (Å²) in [6.45, 7) is 1.85. The Morgan fingerprint density at radius 2 is 2.00 bits per heavy atom. The summed E-state index contributed by atoms with van der Waals surface area (Å²) in [6.07, 6.45) is 1.61. The third-order valence-electron chi connectivity index (χ3n) is 5.18. The number of fused-ring (bicyclic) bond motifs is 1. The zero-order valence-electron chi connectivity index (χ0n) is 15.4. The van der Waals surface area contributed by atoms with Gasteiger partial charge in [0.05, 0.1) is 11.4 Å². The molecule has 4 rings (SSSR count). The minimum atomic E-state index is -3.25. The van der Waals surface area contributed by atoms with E-state index in [1.54, 1.807) is 24.3 Å². The van der Waals surface area contributed by atoms with Crippen LogP contribution in [-0.2, 0) is 16.4 Å². The minimum Gasteiger partial charge on any atom is -0.350 e. The topological polar surface area (TPSA) is 78.5 Å². The van der Waals surface area contributed by atoms with Gasteiger partial charge in [-0.2, -0.15) is 0 Å². The second-order valence-electron chi connectivity index (χ2n) is 6.96. The number of nitrogens with one attached hydrogen (secondary N) is 2. The Morgan fingerprint density at radius 1 is 1.18 bits per heavy atom. The molecule has 1 saturated heterocycles. The maximum atomic E-state index is 12.6. The van der Waals surface area contributed by atoms with E-state index in [0.29, 0.717) is 30.8 Å². The summed E-state index contributed by atoms with van der Waals surface area (Å²) in [6, 6.07) is 15.2. The molecular formula is C20H24ClN3O3S. The van der Waals surface area contributed by atoms with E-state index in [2.05, 4.69) is 22.8 Å². The molecule has 0 spiro atoms. The smallest absolute Gasteiger partial charge is 0.251 e. The van der Waals surface area contributed by atoms with Crippen molar-refractivity contribution in [2.75, 3.05) is 29.7 Å². The van der Waals surface area contributed by atoms with E-state index >= 15 is 0 Å². The van der Waals surface area contributed by atoms with Crippen molar-refractivity contribution in [3.63, 3.8) is 0 Å². The molecule has 2 N–H and O–H groups in total. The normalized spacial score (nSPS) is 20.1. The summed E-state index contributed by atoms with van der Waals surface area (Å²) in [7, 11) is -3.25. The van der Waals surface area contributed by atoms with Crippen molar-refractivity contribution in [2.24, 2.45) is 0 Å². The molecule has 0 aliphatic carbocycles. The predicted octanol–water partition coefficient (Wildman–Crippen LogP) is 2.27. The van der Waals surface area contributed by atoms with E-state index < -0.39 is 10.0 Å². The average Bonchev–Trinajstić information content (AvgIpc) is 3.05. The number of carbonyl (C=O) groups excluding carboxylic acids is 1. The summed E-state index contributed by atoms with van der Waals surface area (Å²) in [5.41, 5.74) is 3.57. The van der Waals surface area contributed by atoms with Gasteiger partial charge in [-0.3, -0.25) is 9.10 Å². The molecule has 28 heavy (non-hydrogen) atoms. The lowest BCUT2D eigenvalue weighted by Gasteiger charge is -2.27. The molecule has 2 aliphatic rings. The first-order valence-electron chi connectivity index (χ1n) is 9.24. The van der Waals surface area contributed by atoms with Crippen molar-refractivity contribution in [1.82, 2.24) is 10.6 Å². The number of nitrogens with zero attached hydrogens (tertiary/aromatic N) is 1. The highest BCUT2D eigenvalue weighted by Crippen LogP contribution is 2.25. The van der Waals surface area contributed by atoms with Gasteiger partial charge in [0.2, 0.25) is 10.0 Å². The molecule has 1 unspecified atom stereocenters. The van der Waals surface area contributed by atoms with Crippen LogP contribution in [0.1, 0.15) is 33.9 Å². The third-order valence-corrected chi connectivity index (χ3v) is 7.05. The van der Waals surface area contributed by atoms with Crippen LogP contribution in [0, 0.1) is 0 Å². The van der Waals surface area contributed by atoms with Gasteiger partial charge in [-0.05, 0) is 48.7 Å². The van der Waals surface area contributed by atoms with Gasteiger partial charge in [-0.15, -0.1) is 12.4 Å².